The summed E-state index contributed by atoms with van der Waals surface area (Å²) in [5, 5.41) is 19.7. The van der Waals surface area contributed by atoms with Crippen molar-refractivity contribution in [2.75, 3.05) is 0 Å². The number of halogens is 7. The van der Waals surface area contributed by atoms with E-state index in [1.807, 2.05) is 0 Å². The Hall–Kier alpha value is -3.77. The average Bonchev–Trinajstić information content (AvgIpc) is 2.82. The fourth-order valence-electron chi connectivity index (χ4n) is 4.05. The number of rotatable bonds is 7. The molecule has 0 aliphatic heterocycles. The fourth-order valence-corrected chi connectivity index (χ4v) is 4.34. The molecule has 0 spiro atoms. The van der Waals surface area contributed by atoms with Crippen LogP contribution < -0.4 is 10.3 Å². The van der Waals surface area contributed by atoms with Crippen LogP contribution in [-0.4, -0.2) is 26.9 Å². The van der Waals surface area contributed by atoms with Crippen molar-refractivity contribution in [1.29, 1.82) is 0 Å². The number of hydrogen-bond acceptors (Lipinski definition) is 4. The predicted octanol–water partition coefficient (Wildman–Crippen LogP) is 6.58. The van der Waals surface area contributed by atoms with Crippen LogP contribution in [0.2, 0.25) is 5.02 Å². The Labute approximate surface area is 222 Å². The molecule has 1 heterocycles. The maximum Gasteiger partial charge on any atom is 0.422 e. The van der Waals surface area contributed by atoms with Crippen LogP contribution >= 0.6 is 11.6 Å². The number of aliphatic hydroxyl groups is 1. The number of carboxylic acid groups (broad SMARTS) is 1. The molecule has 0 radical (unpaired) electrons. The summed E-state index contributed by atoms with van der Waals surface area (Å²) in [5.41, 5.74) is -7.24. The fraction of sp³-hybridized carbons (Fsp3) is 0.231. The maximum atomic E-state index is 14.4. The third-order valence-electron chi connectivity index (χ3n) is 5.99. The van der Waals surface area contributed by atoms with Crippen molar-refractivity contribution >= 4 is 17.6 Å². The summed E-state index contributed by atoms with van der Waals surface area (Å²) >= 11 is 6.24. The summed E-state index contributed by atoms with van der Waals surface area (Å²) < 4.78 is 89.9. The summed E-state index contributed by atoms with van der Waals surface area (Å²) in [6.45, 7) is 4.69. The van der Waals surface area contributed by atoms with Crippen LogP contribution in [0.4, 0.5) is 26.3 Å². The largest absolute Gasteiger partial charge is 0.478 e. The standard InChI is InChI=1S/C26H20ClF6NO5/c1-4-18(24(38,26(31,32)33)15-9-13(2)22(35)34(3)12-15)17-7-6-16(11-20(17)27)39-21-8-5-14(23(36)37)10-19(21)25(28,29)30/h4-12,18,38H,1H2,2-3H3,(H,36,37)/t18-,24?/m0/s1. The SMILES string of the molecule is C=C[C@@H](c1ccc(Oc2ccc(C(=O)O)cc2C(F)(F)F)cc1Cl)C(O)(c1cc(C)c(=O)n(C)c1)C(F)(F)F. The van der Waals surface area contributed by atoms with Gasteiger partial charge in [0, 0.05) is 35.3 Å². The number of aromatic nitrogens is 1. The first-order chi connectivity index (χ1) is 17.9. The Kier molecular flexibility index (Phi) is 7.96. The van der Waals surface area contributed by atoms with Crippen LogP contribution in [0.1, 0.15) is 38.5 Å². The molecule has 6 nitrogen and oxygen atoms in total. The van der Waals surface area contributed by atoms with Crippen LogP contribution in [0.5, 0.6) is 11.5 Å². The average molecular weight is 576 g/mol. The number of carbonyl (C=O) groups is 1. The molecule has 0 fully saturated rings. The highest BCUT2D eigenvalue weighted by molar-refractivity contribution is 6.31. The minimum absolute atomic E-state index is 0.0651. The molecule has 3 rings (SSSR count). The lowest BCUT2D eigenvalue weighted by molar-refractivity contribution is -0.271. The van der Waals surface area contributed by atoms with E-state index in [0.717, 1.165) is 53.2 Å². The molecule has 0 aliphatic carbocycles. The second-order valence-electron chi connectivity index (χ2n) is 8.60. The van der Waals surface area contributed by atoms with Gasteiger partial charge in [0.25, 0.3) is 5.56 Å². The molecule has 1 aromatic heterocycles. The Morgan fingerprint density at radius 2 is 1.74 bits per heavy atom. The van der Waals surface area contributed by atoms with Crippen LogP contribution in [0.3, 0.4) is 0 Å². The van der Waals surface area contributed by atoms with Crippen LogP contribution in [0, 0.1) is 6.92 Å². The highest BCUT2D eigenvalue weighted by atomic mass is 35.5. The van der Waals surface area contributed by atoms with Gasteiger partial charge in [0.15, 0.2) is 5.60 Å². The molecule has 0 saturated heterocycles. The van der Waals surface area contributed by atoms with Crippen molar-refractivity contribution in [1.82, 2.24) is 4.57 Å². The first-order valence-corrected chi connectivity index (χ1v) is 11.3. The molecule has 39 heavy (non-hydrogen) atoms. The lowest BCUT2D eigenvalue weighted by Crippen LogP contribution is -2.47. The van der Waals surface area contributed by atoms with E-state index >= 15 is 0 Å². The first kappa shape index (κ1) is 29.8. The highest BCUT2D eigenvalue weighted by Crippen LogP contribution is 2.51. The molecule has 3 aromatic rings. The lowest BCUT2D eigenvalue weighted by atomic mass is 9.77. The summed E-state index contributed by atoms with van der Waals surface area (Å²) in [6.07, 6.45) is -8.64. The van der Waals surface area contributed by atoms with E-state index in [9.17, 15) is 41.0 Å². The molecule has 2 aromatic carbocycles. The topological polar surface area (TPSA) is 88.8 Å². The molecule has 0 saturated carbocycles. The Balaban J connectivity index is 2.10. The van der Waals surface area contributed by atoms with Crippen molar-refractivity contribution in [3.8, 4) is 11.5 Å². The van der Waals surface area contributed by atoms with Crippen LogP contribution in [-0.2, 0) is 18.8 Å². The minimum atomic E-state index is -5.29. The molecule has 0 bridgehead atoms. The molecule has 0 aliphatic rings. The highest BCUT2D eigenvalue weighted by Gasteiger charge is 2.60. The van der Waals surface area contributed by atoms with Gasteiger partial charge in [0.05, 0.1) is 11.1 Å². The van der Waals surface area contributed by atoms with Gasteiger partial charge >= 0.3 is 18.3 Å². The van der Waals surface area contributed by atoms with Crippen molar-refractivity contribution in [2.24, 2.45) is 7.05 Å². The van der Waals surface area contributed by atoms with Crippen molar-refractivity contribution < 1.29 is 46.1 Å². The lowest BCUT2D eigenvalue weighted by Gasteiger charge is -2.37. The van der Waals surface area contributed by atoms with Gasteiger partial charge in [-0.3, -0.25) is 4.79 Å². The third kappa shape index (κ3) is 5.66. The summed E-state index contributed by atoms with van der Waals surface area (Å²) in [5.74, 6) is -4.60. The van der Waals surface area contributed by atoms with E-state index in [4.69, 9.17) is 21.4 Å². The molecular weight excluding hydrogens is 556 g/mol. The Morgan fingerprint density at radius 3 is 2.23 bits per heavy atom. The van der Waals surface area contributed by atoms with Gasteiger partial charge in [-0.15, -0.1) is 6.58 Å². The van der Waals surface area contributed by atoms with Gasteiger partial charge in [-0.1, -0.05) is 23.7 Å². The smallest absolute Gasteiger partial charge is 0.422 e. The van der Waals surface area contributed by atoms with Gasteiger partial charge in [-0.25, -0.2) is 4.79 Å². The molecule has 2 atom stereocenters. The number of aromatic carboxylic acids is 1. The number of aryl methyl sites for hydroxylation is 2. The zero-order chi connectivity index (χ0) is 29.5. The first-order valence-electron chi connectivity index (χ1n) is 10.9. The zero-order valence-electron chi connectivity index (χ0n) is 20.2. The van der Waals surface area contributed by atoms with E-state index in [-0.39, 0.29) is 16.9 Å². The van der Waals surface area contributed by atoms with E-state index in [0.29, 0.717) is 6.07 Å². The molecule has 2 N–H and O–H groups in total. The van der Waals surface area contributed by atoms with E-state index in [2.05, 4.69) is 6.58 Å². The van der Waals surface area contributed by atoms with E-state index in [1.54, 1.807) is 0 Å². The van der Waals surface area contributed by atoms with E-state index < -0.39 is 62.9 Å². The number of benzene rings is 2. The van der Waals surface area contributed by atoms with Gasteiger partial charge in [0.1, 0.15) is 11.5 Å². The minimum Gasteiger partial charge on any atom is -0.478 e. The summed E-state index contributed by atoms with van der Waals surface area (Å²) in [7, 11) is 1.22. The number of pyridine rings is 1. The molecule has 13 heteroatoms. The third-order valence-corrected chi connectivity index (χ3v) is 6.31. The Bertz CT molecular complexity index is 1470. The normalized spacial score (nSPS) is 14.4. The molecule has 0 amide bonds. The quantitative estimate of drug-likeness (QED) is 0.246. The molecular formula is C26H20ClF6NO5. The molecule has 1 unspecified atom stereocenters. The number of alkyl halides is 6. The van der Waals surface area contributed by atoms with E-state index in [1.165, 1.54) is 14.0 Å². The predicted molar refractivity (Wildman–Crippen MR) is 129 cm³/mol. The number of nitrogens with zero attached hydrogens (tertiary/aromatic N) is 1. The van der Waals surface area contributed by atoms with Gasteiger partial charge < -0.3 is 19.5 Å². The monoisotopic (exact) mass is 575 g/mol. The summed E-state index contributed by atoms with van der Waals surface area (Å²) in [4.78, 5) is 23.1. The van der Waals surface area contributed by atoms with Gasteiger partial charge in [0.2, 0.25) is 0 Å². The zero-order valence-corrected chi connectivity index (χ0v) is 20.9. The number of hydrogen-bond donors (Lipinski definition) is 2. The number of ether oxygens (including phenoxy) is 1. The number of carboxylic acids is 1. The summed E-state index contributed by atoms with van der Waals surface area (Å²) in [6, 6.07) is 5.94. The maximum absolute atomic E-state index is 14.4. The Morgan fingerprint density at radius 1 is 1.10 bits per heavy atom. The van der Waals surface area contributed by atoms with Crippen molar-refractivity contribution in [3.05, 3.63) is 105 Å². The van der Waals surface area contributed by atoms with Gasteiger partial charge in [-0.2, -0.15) is 26.3 Å². The second-order valence-corrected chi connectivity index (χ2v) is 9.01. The molecule has 208 valence electrons. The van der Waals surface area contributed by atoms with Gasteiger partial charge in [-0.05, 0) is 48.9 Å². The van der Waals surface area contributed by atoms with Crippen molar-refractivity contribution in [3.63, 3.8) is 0 Å². The van der Waals surface area contributed by atoms with Crippen LogP contribution in [0.25, 0.3) is 0 Å². The van der Waals surface area contributed by atoms with Crippen LogP contribution in [0.15, 0.2) is 66.1 Å². The second kappa shape index (κ2) is 10.4. The van der Waals surface area contributed by atoms with Crippen molar-refractivity contribution in [2.45, 2.75) is 30.8 Å².